The molecule has 5 aromatic rings. The van der Waals surface area contributed by atoms with Gasteiger partial charge >= 0.3 is 12.1 Å². The van der Waals surface area contributed by atoms with Crippen LogP contribution in [0.3, 0.4) is 0 Å². The molecule has 0 saturated heterocycles. The standard InChI is InChI=1S/C35H31F3N6O4/c1-43(2)34(47)29-21-22(7-6-10-31(45)48-26-18-14-24(15-19-26)32-40-42-44(3)41-32)11-20-30(29)39-33(46)28-9-5-4-8-27(28)23-12-16-25(17-13-23)35(36,37)38/h4-5,8-9,11-21H,6-7,10H2,1-3H3,(H,39,46). The van der Waals surface area contributed by atoms with E-state index in [-0.39, 0.29) is 29.1 Å². The number of halogens is 3. The second-order valence-corrected chi connectivity index (χ2v) is 11.1. The maximum atomic E-state index is 13.5. The number of benzene rings is 4. The summed E-state index contributed by atoms with van der Waals surface area (Å²) >= 11 is 0. The highest BCUT2D eigenvalue weighted by Crippen LogP contribution is 2.32. The summed E-state index contributed by atoms with van der Waals surface area (Å²) in [6, 6.07) is 22.9. The van der Waals surface area contributed by atoms with E-state index in [1.165, 1.54) is 21.8 Å². The number of nitrogens with zero attached hydrogens (tertiary/aromatic N) is 5. The van der Waals surface area contributed by atoms with Crippen molar-refractivity contribution < 1.29 is 32.3 Å². The molecule has 0 radical (unpaired) electrons. The molecule has 4 aromatic carbocycles. The third-order valence-corrected chi connectivity index (χ3v) is 7.36. The lowest BCUT2D eigenvalue weighted by molar-refractivity contribution is -0.137. The van der Waals surface area contributed by atoms with Gasteiger partial charge in [-0.05, 0) is 89.3 Å². The number of rotatable bonds is 10. The van der Waals surface area contributed by atoms with E-state index >= 15 is 0 Å². The van der Waals surface area contributed by atoms with Crippen molar-refractivity contribution in [2.45, 2.75) is 25.4 Å². The lowest BCUT2D eigenvalue weighted by Crippen LogP contribution is -2.24. The van der Waals surface area contributed by atoms with Crippen LogP contribution < -0.4 is 10.1 Å². The molecule has 0 atom stereocenters. The van der Waals surface area contributed by atoms with Crippen LogP contribution in [0.25, 0.3) is 22.5 Å². The highest BCUT2D eigenvalue weighted by Gasteiger charge is 2.30. The third kappa shape index (κ3) is 8.10. The molecule has 1 aromatic heterocycles. The van der Waals surface area contributed by atoms with Crippen molar-refractivity contribution >= 4 is 23.5 Å². The normalized spacial score (nSPS) is 11.2. The molecule has 0 saturated carbocycles. The number of aryl methyl sites for hydroxylation is 2. The molecule has 0 spiro atoms. The molecule has 2 amide bonds. The fraction of sp³-hybridized carbons (Fsp3) is 0.200. The Morgan fingerprint density at radius 1 is 0.875 bits per heavy atom. The molecule has 0 bridgehead atoms. The first-order valence-electron chi connectivity index (χ1n) is 14.9. The Kier molecular flexibility index (Phi) is 9.97. The fourth-order valence-corrected chi connectivity index (χ4v) is 4.93. The highest BCUT2D eigenvalue weighted by molar-refractivity contribution is 6.11. The monoisotopic (exact) mass is 656 g/mol. The zero-order chi connectivity index (χ0) is 34.4. The molecule has 246 valence electrons. The Balaban J connectivity index is 1.25. The molecule has 1 N–H and O–H groups in total. The summed E-state index contributed by atoms with van der Waals surface area (Å²) in [7, 11) is 4.84. The van der Waals surface area contributed by atoms with Gasteiger partial charge in [0.05, 0.1) is 23.9 Å². The Labute approximate surface area is 274 Å². The van der Waals surface area contributed by atoms with Crippen molar-refractivity contribution in [1.29, 1.82) is 0 Å². The van der Waals surface area contributed by atoms with Gasteiger partial charge < -0.3 is 15.0 Å². The predicted molar refractivity (Wildman–Crippen MR) is 172 cm³/mol. The molecule has 48 heavy (non-hydrogen) atoms. The number of esters is 1. The van der Waals surface area contributed by atoms with Gasteiger partial charge in [0.2, 0.25) is 5.82 Å². The topological polar surface area (TPSA) is 119 Å². The van der Waals surface area contributed by atoms with Crippen LogP contribution in [0.15, 0.2) is 91.0 Å². The van der Waals surface area contributed by atoms with Crippen LogP contribution in [-0.2, 0) is 24.4 Å². The van der Waals surface area contributed by atoms with E-state index < -0.39 is 23.6 Å². The molecular weight excluding hydrogens is 625 g/mol. The largest absolute Gasteiger partial charge is 0.427 e. The average molecular weight is 657 g/mol. The Morgan fingerprint density at radius 2 is 1.56 bits per heavy atom. The van der Waals surface area contributed by atoms with Gasteiger partial charge in [-0.15, -0.1) is 10.2 Å². The van der Waals surface area contributed by atoms with Crippen molar-refractivity contribution in [3.63, 3.8) is 0 Å². The summed E-state index contributed by atoms with van der Waals surface area (Å²) in [5, 5.41) is 14.7. The van der Waals surface area contributed by atoms with Gasteiger partial charge in [-0.25, -0.2) is 0 Å². The zero-order valence-corrected chi connectivity index (χ0v) is 26.3. The third-order valence-electron chi connectivity index (χ3n) is 7.36. The van der Waals surface area contributed by atoms with Crippen LogP contribution in [0.2, 0.25) is 0 Å². The summed E-state index contributed by atoms with van der Waals surface area (Å²) in [4.78, 5) is 41.8. The highest BCUT2D eigenvalue weighted by atomic mass is 19.4. The van der Waals surface area contributed by atoms with E-state index in [0.29, 0.717) is 35.5 Å². The van der Waals surface area contributed by atoms with E-state index in [2.05, 4.69) is 20.7 Å². The van der Waals surface area contributed by atoms with Crippen molar-refractivity contribution in [3.8, 4) is 28.3 Å². The summed E-state index contributed by atoms with van der Waals surface area (Å²) in [5.74, 6) is -0.458. The zero-order valence-electron chi connectivity index (χ0n) is 26.3. The molecule has 0 fully saturated rings. The van der Waals surface area contributed by atoms with Gasteiger partial charge in [-0.1, -0.05) is 36.4 Å². The van der Waals surface area contributed by atoms with E-state index in [0.717, 1.165) is 23.3 Å². The van der Waals surface area contributed by atoms with Crippen LogP contribution in [0, 0.1) is 0 Å². The fourth-order valence-electron chi connectivity index (χ4n) is 4.93. The number of tetrazole rings is 1. The molecular formula is C35H31F3N6O4. The van der Waals surface area contributed by atoms with Crippen molar-refractivity contribution in [1.82, 2.24) is 25.1 Å². The van der Waals surface area contributed by atoms with E-state index in [4.69, 9.17) is 4.74 Å². The summed E-state index contributed by atoms with van der Waals surface area (Å²) in [6.45, 7) is 0. The van der Waals surface area contributed by atoms with Crippen LogP contribution >= 0.6 is 0 Å². The van der Waals surface area contributed by atoms with Crippen molar-refractivity contribution in [2.24, 2.45) is 7.05 Å². The number of ether oxygens (including phenoxy) is 1. The molecule has 0 unspecified atom stereocenters. The number of aromatic nitrogens is 4. The molecule has 13 heteroatoms. The molecule has 1 heterocycles. The van der Waals surface area contributed by atoms with E-state index in [1.54, 1.807) is 87.9 Å². The van der Waals surface area contributed by atoms with Gasteiger partial charge in [0.15, 0.2) is 0 Å². The summed E-state index contributed by atoms with van der Waals surface area (Å²) in [5.41, 5.74) is 2.33. The second kappa shape index (κ2) is 14.3. The minimum atomic E-state index is -4.48. The molecule has 0 aliphatic heterocycles. The minimum Gasteiger partial charge on any atom is -0.427 e. The lowest BCUT2D eigenvalue weighted by atomic mass is 9.97. The van der Waals surface area contributed by atoms with Crippen LogP contribution in [0.1, 0.15) is 44.7 Å². The molecule has 10 nitrogen and oxygen atoms in total. The number of alkyl halides is 3. The van der Waals surface area contributed by atoms with Gasteiger partial charge in [-0.2, -0.15) is 18.0 Å². The summed E-state index contributed by atoms with van der Waals surface area (Å²) < 4.78 is 44.7. The maximum absolute atomic E-state index is 13.5. The lowest BCUT2D eigenvalue weighted by Gasteiger charge is -2.17. The number of carbonyl (C=O) groups excluding carboxylic acids is 3. The number of amides is 2. The number of hydrogen-bond acceptors (Lipinski definition) is 7. The maximum Gasteiger partial charge on any atom is 0.416 e. The van der Waals surface area contributed by atoms with Crippen LogP contribution in [-0.4, -0.2) is 57.0 Å². The summed E-state index contributed by atoms with van der Waals surface area (Å²) in [6.07, 6.45) is -3.44. The van der Waals surface area contributed by atoms with Crippen molar-refractivity contribution in [2.75, 3.05) is 19.4 Å². The quantitative estimate of drug-likeness (QED) is 0.136. The van der Waals surface area contributed by atoms with Gasteiger partial charge in [0, 0.05) is 31.6 Å². The second-order valence-electron chi connectivity index (χ2n) is 11.1. The SMILES string of the molecule is CN(C)C(=O)c1cc(CCCC(=O)Oc2ccc(-c3nnn(C)n3)cc2)ccc1NC(=O)c1ccccc1-c1ccc(C(F)(F)F)cc1. The Morgan fingerprint density at radius 3 is 2.21 bits per heavy atom. The minimum absolute atomic E-state index is 0.129. The molecule has 5 rings (SSSR count). The smallest absolute Gasteiger partial charge is 0.416 e. The van der Waals surface area contributed by atoms with Crippen LogP contribution in [0.5, 0.6) is 5.75 Å². The Hall–Kier alpha value is -5.85. The van der Waals surface area contributed by atoms with Gasteiger partial charge in [0.1, 0.15) is 5.75 Å². The molecule has 0 aliphatic carbocycles. The van der Waals surface area contributed by atoms with Gasteiger partial charge in [-0.3, -0.25) is 14.4 Å². The van der Waals surface area contributed by atoms with Crippen LogP contribution in [0.4, 0.5) is 18.9 Å². The number of hydrogen-bond donors (Lipinski definition) is 1. The van der Waals surface area contributed by atoms with Gasteiger partial charge in [0.25, 0.3) is 11.8 Å². The average Bonchev–Trinajstić information content (AvgIpc) is 3.51. The number of nitrogens with one attached hydrogen (secondary N) is 1. The first-order chi connectivity index (χ1) is 22.9. The van der Waals surface area contributed by atoms with E-state index in [1.807, 2.05) is 0 Å². The van der Waals surface area contributed by atoms with Crippen molar-refractivity contribution in [3.05, 3.63) is 113 Å². The Bertz CT molecular complexity index is 1940. The predicted octanol–water partition coefficient (Wildman–Crippen LogP) is 6.45. The number of carbonyl (C=O) groups is 3. The first-order valence-corrected chi connectivity index (χ1v) is 14.9. The number of anilines is 1. The van der Waals surface area contributed by atoms with E-state index in [9.17, 15) is 27.6 Å². The molecule has 0 aliphatic rings. The first kappa shape index (κ1) is 33.5.